The molecule has 5 nitrogen and oxygen atoms in total. The zero-order valence-corrected chi connectivity index (χ0v) is 11.7. The van der Waals surface area contributed by atoms with Crippen molar-refractivity contribution in [3.8, 4) is 16.3 Å². The number of benzene rings is 2. The van der Waals surface area contributed by atoms with Crippen LogP contribution in [0, 0.1) is 0 Å². The maximum atomic E-state index is 12.0. The second-order valence-electron chi connectivity index (χ2n) is 4.25. The molecule has 104 valence electrons. The summed E-state index contributed by atoms with van der Waals surface area (Å²) in [6, 6.07) is 15.7. The molecular formula is C15H11N3O2S. The average Bonchev–Trinajstić information content (AvgIpc) is 2.97. The van der Waals surface area contributed by atoms with Gasteiger partial charge in [-0.15, -0.1) is 10.2 Å². The van der Waals surface area contributed by atoms with Crippen molar-refractivity contribution in [1.82, 2.24) is 10.2 Å². The SMILES string of the molecule is O=C(Nc1nnc(-c2ccccc2O)s1)c1ccccc1. The highest BCUT2D eigenvalue weighted by Crippen LogP contribution is 2.32. The van der Waals surface area contributed by atoms with E-state index in [0.29, 0.717) is 21.3 Å². The molecule has 3 rings (SSSR count). The van der Waals surface area contributed by atoms with Crippen molar-refractivity contribution in [1.29, 1.82) is 0 Å². The number of phenolic OH excluding ortho intramolecular Hbond substituents is 1. The molecule has 2 N–H and O–H groups in total. The molecule has 0 saturated heterocycles. The van der Waals surface area contributed by atoms with Gasteiger partial charge >= 0.3 is 0 Å². The molecule has 0 spiro atoms. The van der Waals surface area contributed by atoms with E-state index in [4.69, 9.17) is 0 Å². The van der Waals surface area contributed by atoms with Crippen LogP contribution in [0.2, 0.25) is 0 Å². The van der Waals surface area contributed by atoms with E-state index < -0.39 is 0 Å². The number of aromatic nitrogens is 2. The van der Waals surface area contributed by atoms with E-state index >= 15 is 0 Å². The van der Waals surface area contributed by atoms with Crippen molar-refractivity contribution in [2.45, 2.75) is 0 Å². The fourth-order valence-corrected chi connectivity index (χ4v) is 2.57. The molecule has 2 aromatic carbocycles. The van der Waals surface area contributed by atoms with Crippen LogP contribution < -0.4 is 5.32 Å². The summed E-state index contributed by atoms with van der Waals surface area (Å²) in [6.45, 7) is 0. The third kappa shape index (κ3) is 2.90. The third-order valence-corrected chi connectivity index (χ3v) is 3.69. The van der Waals surface area contributed by atoms with Gasteiger partial charge in [-0.1, -0.05) is 41.7 Å². The van der Waals surface area contributed by atoms with Crippen LogP contribution in [0.25, 0.3) is 10.6 Å². The molecule has 0 saturated carbocycles. The number of aromatic hydroxyl groups is 1. The first kappa shape index (κ1) is 13.3. The monoisotopic (exact) mass is 297 g/mol. The summed E-state index contributed by atoms with van der Waals surface area (Å²) in [5, 5.41) is 21.3. The molecule has 6 heteroatoms. The van der Waals surface area contributed by atoms with Crippen molar-refractivity contribution in [2.24, 2.45) is 0 Å². The predicted octanol–water partition coefficient (Wildman–Crippen LogP) is 3.16. The van der Waals surface area contributed by atoms with Gasteiger partial charge in [-0.2, -0.15) is 0 Å². The van der Waals surface area contributed by atoms with Gasteiger partial charge in [-0.25, -0.2) is 0 Å². The summed E-state index contributed by atoms with van der Waals surface area (Å²) >= 11 is 1.21. The van der Waals surface area contributed by atoms with Crippen LogP contribution >= 0.6 is 11.3 Å². The minimum atomic E-state index is -0.240. The molecular weight excluding hydrogens is 286 g/mol. The van der Waals surface area contributed by atoms with Crippen LogP contribution in [0.1, 0.15) is 10.4 Å². The van der Waals surface area contributed by atoms with Gasteiger partial charge in [0, 0.05) is 5.56 Å². The molecule has 0 aliphatic carbocycles. The maximum absolute atomic E-state index is 12.0. The van der Waals surface area contributed by atoms with Crippen molar-refractivity contribution >= 4 is 22.4 Å². The Morgan fingerprint density at radius 3 is 2.48 bits per heavy atom. The van der Waals surface area contributed by atoms with E-state index in [1.54, 1.807) is 48.5 Å². The first-order chi connectivity index (χ1) is 10.2. The Bertz CT molecular complexity index is 771. The number of rotatable bonds is 3. The quantitative estimate of drug-likeness (QED) is 0.778. The summed E-state index contributed by atoms with van der Waals surface area (Å²) in [5.74, 6) is -0.106. The van der Waals surface area contributed by atoms with Crippen molar-refractivity contribution in [3.63, 3.8) is 0 Å². The topological polar surface area (TPSA) is 75.1 Å². The molecule has 0 bridgehead atoms. The number of hydrogen-bond acceptors (Lipinski definition) is 5. The molecule has 3 aromatic rings. The molecule has 1 aromatic heterocycles. The minimum Gasteiger partial charge on any atom is -0.507 e. The molecule has 1 amide bonds. The van der Waals surface area contributed by atoms with Gasteiger partial charge in [0.2, 0.25) is 5.13 Å². The third-order valence-electron chi connectivity index (χ3n) is 2.82. The number of amides is 1. The van der Waals surface area contributed by atoms with Crippen LogP contribution in [-0.2, 0) is 0 Å². The molecule has 0 unspecified atom stereocenters. The van der Waals surface area contributed by atoms with Crippen LogP contribution in [0.15, 0.2) is 54.6 Å². The first-order valence-electron chi connectivity index (χ1n) is 6.22. The van der Waals surface area contributed by atoms with Crippen molar-refractivity contribution in [2.75, 3.05) is 5.32 Å². The Hall–Kier alpha value is -2.73. The van der Waals surface area contributed by atoms with Gasteiger partial charge in [0.15, 0.2) is 5.01 Å². The van der Waals surface area contributed by atoms with Crippen LogP contribution in [0.5, 0.6) is 5.75 Å². The highest BCUT2D eigenvalue weighted by molar-refractivity contribution is 7.18. The van der Waals surface area contributed by atoms with Gasteiger partial charge in [0.25, 0.3) is 5.91 Å². The second-order valence-corrected chi connectivity index (χ2v) is 5.23. The fourth-order valence-electron chi connectivity index (χ4n) is 1.80. The van der Waals surface area contributed by atoms with E-state index in [9.17, 15) is 9.90 Å². The highest BCUT2D eigenvalue weighted by Gasteiger charge is 2.12. The van der Waals surface area contributed by atoms with Gasteiger partial charge in [0.05, 0.1) is 5.56 Å². The smallest absolute Gasteiger partial charge is 0.257 e. The average molecular weight is 297 g/mol. The molecule has 0 aliphatic rings. The van der Waals surface area contributed by atoms with E-state index in [-0.39, 0.29) is 11.7 Å². The van der Waals surface area contributed by atoms with Gasteiger partial charge in [-0.3, -0.25) is 10.1 Å². The lowest BCUT2D eigenvalue weighted by Crippen LogP contribution is -2.11. The van der Waals surface area contributed by atoms with E-state index in [0.717, 1.165) is 0 Å². The Labute approximate surface area is 124 Å². The Morgan fingerprint density at radius 1 is 1.00 bits per heavy atom. The number of carbonyl (C=O) groups excluding carboxylic acids is 1. The number of anilines is 1. The lowest BCUT2D eigenvalue weighted by Gasteiger charge is -2.00. The predicted molar refractivity (Wildman–Crippen MR) is 81.4 cm³/mol. The van der Waals surface area contributed by atoms with Crippen LogP contribution in [0.4, 0.5) is 5.13 Å². The number of phenols is 1. The first-order valence-corrected chi connectivity index (χ1v) is 7.04. The van der Waals surface area contributed by atoms with Crippen molar-refractivity contribution in [3.05, 3.63) is 60.2 Å². The van der Waals surface area contributed by atoms with Crippen LogP contribution in [-0.4, -0.2) is 21.2 Å². The fraction of sp³-hybridized carbons (Fsp3) is 0. The zero-order valence-electron chi connectivity index (χ0n) is 10.9. The number of carbonyl (C=O) groups is 1. The standard InChI is InChI=1S/C15H11N3O2S/c19-12-9-5-4-8-11(12)14-17-18-15(21-14)16-13(20)10-6-2-1-3-7-10/h1-9,19H,(H,16,18,20). The van der Waals surface area contributed by atoms with Crippen LogP contribution in [0.3, 0.4) is 0 Å². The zero-order chi connectivity index (χ0) is 14.7. The van der Waals surface area contributed by atoms with Crippen molar-refractivity contribution < 1.29 is 9.90 Å². The Kier molecular flexibility index (Phi) is 3.61. The Balaban J connectivity index is 1.80. The summed E-state index contributed by atoms with van der Waals surface area (Å²) in [6.07, 6.45) is 0. The van der Waals surface area contributed by atoms with Gasteiger partial charge in [0.1, 0.15) is 5.75 Å². The largest absolute Gasteiger partial charge is 0.507 e. The number of hydrogen-bond donors (Lipinski definition) is 2. The van der Waals surface area contributed by atoms with Gasteiger partial charge < -0.3 is 5.11 Å². The molecule has 0 atom stereocenters. The summed E-state index contributed by atoms with van der Waals surface area (Å²) in [4.78, 5) is 12.0. The lowest BCUT2D eigenvalue weighted by atomic mass is 10.2. The number of para-hydroxylation sites is 1. The van der Waals surface area contributed by atoms with Gasteiger partial charge in [-0.05, 0) is 24.3 Å². The lowest BCUT2D eigenvalue weighted by molar-refractivity contribution is 0.102. The highest BCUT2D eigenvalue weighted by atomic mass is 32.1. The second kappa shape index (κ2) is 5.72. The molecule has 1 heterocycles. The van der Waals surface area contributed by atoms with E-state index in [1.165, 1.54) is 11.3 Å². The summed E-state index contributed by atoms with van der Waals surface area (Å²) < 4.78 is 0. The molecule has 0 radical (unpaired) electrons. The van der Waals surface area contributed by atoms with E-state index in [2.05, 4.69) is 15.5 Å². The number of nitrogens with zero attached hydrogens (tertiary/aromatic N) is 2. The Morgan fingerprint density at radius 2 is 1.71 bits per heavy atom. The molecule has 21 heavy (non-hydrogen) atoms. The number of nitrogens with one attached hydrogen (secondary N) is 1. The molecule has 0 aliphatic heterocycles. The minimum absolute atomic E-state index is 0.134. The normalized spacial score (nSPS) is 10.3. The summed E-state index contributed by atoms with van der Waals surface area (Å²) in [5.41, 5.74) is 1.15. The maximum Gasteiger partial charge on any atom is 0.257 e. The van der Waals surface area contributed by atoms with E-state index in [1.807, 2.05) is 6.07 Å². The molecule has 0 fully saturated rings. The summed E-state index contributed by atoms with van der Waals surface area (Å²) in [7, 11) is 0.